The van der Waals surface area contributed by atoms with Gasteiger partial charge < -0.3 is 15.0 Å². The number of rotatable bonds is 3. The molecule has 0 radical (unpaired) electrons. The standard InChI is InChI=1S/C21H14N4O3/c1-28-12-4-2-11(3-5-12)20(26)24-19-13-6-8-15-18-16(23-10-22-15)9-7-14(17(13)18)21(27)25-19/h2-10H,1H3,(H2,24,25,26,27). The van der Waals surface area contributed by atoms with Crippen molar-refractivity contribution in [3.05, 3.63) is 70.8 Å². The molecule has 28 heavy (non-hydrogen) atoms. The lowest BCUT2D eigenvalue weighted by Gasteiger charge is -2.13. The molecule has 2 aromatic heterocycles. The van der Waals surface area contributed by atoms with Crippen molar-refractivity contribution in [2.24, 2.45) is 0 Å². The van der Waals surface area contributed by atoms with Crippen molar-refractivity contribution in [2.75, 3.05) is 12.4 Å². The maximum Gasteiger partial charge on any atom is 0.257 e. The summed E-state index contributed by atoms with van der Waals surface area (Å²) in [5, 5.41) is 5.62. The molecule has 0 aliphatic carbocycles. The van der Waals surface area contributed by atoms with Crippen LogP contribution in [0.3, 0.4) is 0 Å². The Morgan fingerprint density at radius 3 is 2.29 bits per heavy atom. The number of methoxy groups -OCH3 is 1. The molecule has 7 nitrogen and oxygen atoms in total. The van der Waals surface area contributed by atoms with E-state index in [1.54, 1.807) is 43.5 Å². The monoisotopic (exact) mass is 370 g/mol. The average Bonchev–Trinajstić information content (AvgIpc) is 2.73. The minimum atomic E-state index is -0.329. The minimum Gasteiger partial charge on any atom is -0.497 e. The van der Waals surface area contributed by atoms with Gasteiger partial charge in [0.25, 0.3) is 11.5 Å². The lowest BCUT2D eigenvalue weighted by molar-refractivity contribution is 0.102. The number of carbonyl (C=O) groups is 1. The maximum atomic E-state index is 12.7. The van der Waals surface area contributed by atoms with Crippen LogP contribution in [0.25, 0.3) is 32.6 Å². The first-order valence-electron chi connectivity index (χ1n) is 8.63. The van der Waals surface area contributed by atoms with E-state index in [0.717, 1.165) is 27.2 Å². The van der Waals surface area contributed by atoms with Crippen molar-refractivity contribution in [2.45, 2.75) is 0 Å². The summed E-state index contributed by atoms with van der Waals surface area (Å²) in [5.74, 6) is 0.675. The third-order valence-corrected chi connectivity index (χ3v) is 4.85. The highest BCUT2D eigenvalue weighted by Crippen LogP contribution is 2.33. The van der Waals surface area contributed by atoms with Crippen LogP contribution in [0.5, 0.6) is 5.75 Å². The van der Waals surface area contributed by atoms with Crippen molar-refractivity contribution in [1.82, 2.24) is 15.0 Å². The third kappa shape index (κ3) is 2.37. The van der Waals surface area contributed by atoms with Crippen LogP contribution in [0.1, 0.15) is 10.4 Å². The zero-order chi connectivity index (χ0) is 19.3. The highest BCUT2D eigenvalue weighted by Gasteiger charge is 2.16. The first kappa shape index (κ1) is 16.2. The molecule has 0 aliphatic rings. The molecule has 3 aromatic carbocycles. The Bertz CT molecular complexity index is 1390. The Morgan fingerprint density at radius 1 is 0.929 bits per heavy atom. The van der Waals surface area contributed by atoms with Gasteiger partial charge in [0.1, 0.15) is 17.9 Å². The van der Waals surface area contributed by atoms with E-state index in [1.807, 2.05) is 12.1 Å². The van der Waals surface area contributed by atoms with E-state index in [-0.39, 0.29) is 11.5 Å². The lowest BCUT2D eigenvalue weighted by Crippen LogP contribution is -2.17. The zero-order valence-corrected chi connectivity index (χ0v) is 14.8. The summed E-state index contributed by atoms with van der Waals surface area (Å²) in [5.41, 5.74) is 1.67. The van der Waals surface area contributed by atoms with E-state index < -0.39 is 0 Å². The number of hydrogen-bond donors (Lipinski definition) is 2. The number of nitrogens with zero attached hydrogens (tertiary/aromatic N) is 2. The van der Waals surface area contributed by atoms with Gasteiger partial charge in [-0.05, 0) is 48.5 Å². The molecular weight excluding hydrogens is 356 g/mol. The Hall–Kier alpha value is -4.00. The van der Waals surface area contributed by atoms with E-state index in [4.69, 9.17) is 4.74 Å². The second-order valence-electron chi connectivity index (χ2n) is 6.40. The second kappa shape index (κ2) is 6.02. The fourth-order valence-corrected chi connectivity index (χ4v) is 3.50. The number of H-pyrrole nitrogens is 1. The van der Waals surface area contributed by atoms with Crippen LogP contribution < -0.4 is 15.6 Å². The Morgan fingerprint density at radius 2 is 1.61 bits per heavy atom. The van der Waals surface area contributed by atoms with Crippen LogP contribution in [0.15, 0.2) is 59.7 Å². The molecule has 0 saturated carbocycles. The van der Waals surface area contributed by atoms with E-state index in [9.17, 15) is 9.59 Å². The summed E-state index contributed by atoms with van der Waals surface area (Å²) < 4.78 is 5.11. The van der Waals surface area contributed by atoms with Crippen molar-refractivity contribution < 1.29 is 9.53 Å². The average molecular weight is 370 g/mol. The van der Waals surface area contributed by atoms with E-state index in [0.29, 0.717) is 22.5 Å². The number of aromatic nitrogens is 3. The van der Waals surface area contributed by atoms with Crippen molar-refractivity contribution in [1.29, 1.82) is 0 Å². The fourth-order valence-electron chi connectivity index (χ4n) is 3.50. The summed E-state index contributed by atoms with van der Waals surface area (Å²) in [7, 11) is 1.56. The summed E-state index contributed by atoms with van der Waals surface area (Å²) in [6.07, 6.45) is 1.50. The predicted molar refractivity (Wildman–Crippen MR) is 107 cm³/mol. The first-order chi connectivity index (χ1) is 13.7. The topological polar surface area (TPSA) is 97.0 Å². The van der Waals surface area contributed by atoms with E-state index in [2.05, 4.69) is 20.3 Å². The molecular formula is C21H14N4O3. The fraction of sp³-hybridized carbons (Fsp3) is 0.0476. The lowest BCUT2D eigenvalue weighted by atomic mass is 10.00. The SMILES string of the molecule is COc1ccc(C(=O)Nc2[nH]c(=O)c3ccc4ncnc5ccc2c3c54)cc1. The summed E-state index contributed by atoms with van der Waals surface area (Å²) in [6.45, 7) is 0. The molecule has 0 saturated heterocycles. The van der Waals surface area contributed by atoms with Crippen LogP contribution in [-0.2, 0) is 0 Å². The van der Waals surface area contributed by atoms with Gasteiger partial charge in [-0.1, -0.05) is 0 Å². The minimum absolute atomic E-state index is 0.282. The van der Waals surface area contributed by atoms with E-state index in [1.165, 1.54) is 6.33 Å². The number of nitrogens with one attached hydrogen (secondary N) is 2. The smallest absolute Gasteiger partial charge is 0.257 e. The Balaban J connectivity index is 1.68. The third-order valence-electron chi connectivity index (χ3n) is 4.85. The highest BCUT2D eigenvalue weighted by atomic mass is 16.5. The van der Waals surface area contributed by atoms with Crippen molar-refractivity contribution >= 4 is 44.3 Å². The summed E-state index contributed by atoms with van der Waals surface area (Å²) in [4.78, 5) is 36.7. The molecule has 136 valence electrons. The number of amides is 1. The number of ether oxygens (including phenoxy) is 1. The largest absolute Gasteiger partial charge is 0.497 e. The van der Waals surface area contributed by atoms with Gasteiger partial charge >= 0.3 is 0 Å². The van der Waals surface area contributed by atoms with E-state index >= 15 is 0 Å². The molecule has 5 aromatic rings. The van der Waals surface area contributed by atoms with Crippen molar-refractivity contribution in [3.63, 3.8) is 0 Å². The van der Waals surface area contributed by atoms with Crippen LogP contribution >= 0.6 is 0 Å². The van der Waals surface area contributed by atoms with Gasteiger partial charge in [0.15, 0.2) is 0 Å². The van der Waals surface area contributed by atoms with Crippen LogP contribution in [0, 0.1) is 0 Å². The second-order valence-corrected chi connectivity index (χ2v) is 6.40. The Kier molecular flexibility index (Phi) is 3.48. The van der Waals surface area contributed by atoms with Crippen LogP contribution in [0.4, 0.5) is 5.82 Å². The summed E-state index contributed by atoms with van der Waals surface area (Å²) in [6, 6.07) is 14.0. The van der Waals surface area contributed by atoms with Gasteiger partial charge in [-0.2, -0.15) is 0 Å². The summed E-state index contributed by atoms with van der Waals surface area (Å²) >= 11 is 0. The molecule has 0 atom stereocenters. The van der Waals surface area contributed by atoms with Gasteiger partial charge in [0, 0.05) is 27.1 Å². The van der Waals surface area contributed by atoms with Crippen LogP contribution in [-0.4, -0.2) is 28.0 Å². The highest BCUT2D eigenvalue weighted by molar-refractivity contribution is 6.24. The Labute approximate surface area is 158 Å². The molecule has 2 N–H and O–H groups in total. The molecule has 0 unspecified atom stereocenters. The van der Waals surface area contributed by atoms with Crippen molar-refractivity contribution in [3.8, 4) is 5.75 Å². The molecule has 0 bridgehead atoms. The van der Waals surface area contributed by atoms with Gasteiger partial charge in [-0.3, -0.25) is 9.59 Å². The number of hydrogen-bond acceptors (Lipinski definition) is 5. The number of carbonyl (C=O) groups excluding carboxylic acids is 1. The molecule has 0 fully saturated rings. The zero-order valence-electron chi connectivity index (χ0n) is 14.8. The molecule has 0 spiro atoms. The number of anilines is 1. The predicted octanol–water partition coefficient (Wildman–Crippen LogP) is 3.32. The normalized spacial score (nSPS) is 11.3. The molecule has 1 amide bonds. The van der Waals surface area contributed by atoms with Gasteiger partial charge in [0.05, 0.1) is 18.1 Å². The van der Waals surface area contributed by atoms with Gasteiger partial charge in [0.2, 0.25) is 0 Å². The molecule has 0 aliphatic heterocycles. The number of pyridine rings is 1. The van der Waals surface area contributed by atoms with Gasteiger partial charge in [-0.25, -0.2) is 9.97 Å². The molecule has 7 heteroatoms. The quantitative estimate of drug-likeness (QED) is 0.475. The first-order valence-corrected chi connectivity index (χ1v) is 8.63. The number of benzene rings is 3. The molecule has 2 heterocycles. The van der Waals surface area contributed by atoms with Crippen LogP contribution in [0.2, 0.25) is 0 Å². The van der Waals surface area contributed by atoms with Gasteiger partial charge in [-0.15, -0.1) is 0 Å². The maximum absolute atomic E-state index is 12.7. The number of aromatic amines is 1. The molecule has 5 rings (SSSR count).